The van der Waals surface area contributed by atoms with Crippen molar-refractivity contribution >= 4 is 23.2 Å². The molecule has 0 aromatic heterocycles. The molecule has 5 nitrogen and oxygen atoms in total. The molecule has 3 fully saturated rings. The van der Waals surface area contributed by atoms with Crippen LogP contribution in [0.25, 0.3) is 0 Å². The number of nitrogens with zero attached hydrogens (tertiary/aromatic N) is 1. The van der Waals surface area contributed by atoms with Crippen molar-refractivity contribution in [2.24, 2.45) is 5.92 Å². The van der Waals surface area contributed by atoms with Crippen LogP contribution >= 0.6 is 12.2 Å². The number of hydrogen-bond acceptors (Lipinski definition) is 4. The van der Waals surface area contributed by atoms with Crippen molar-refractivity contribution in [3.05, 3.63) is 35.4 Å². The molecule has 3 aliphatic rings. The molecule has 0 spiro atoms. The number of rotatable bonds is 3. The Morgan fingerprint density at radius 1 is 1.14 bits per heavy atom. The second kappa shape index (κ2) is 7.61. The lowest BCUT2D eigenvalue weighted by molar-refractivity contribution is -0.179. The molecule has 3 aliphatic heterocycles. The van der Waals surface area contributed by atoms with E-state index in [-0.39, 0.29) is 37.0 Å². The SMILES string of the molecule is O=C1NC(=S)N(Cc2ccccc2C2CCC(C(F)(F)F)CN2)C2CCNC12. The second-order valence-corrected chi connectivity index (χ2v) is 8.07. The minimum absolute atomic E-state index is 0.00299. The molecule has 4 unspecified atom stereocenters. The minimum atomic E-state index is -4.15. The minimum Gasteiger partial charge on any atom is -0.339 e. The van der Waals surface area contributed by atoms with Crippen LogP contribution in [0.5, 0.6) is 0 Å². The maximum atomic E-state index is 13.0. The van der Waals surface area contributed by atoms with E-state index in [4.69, 9.17) is 12.2 Å². The smallest absolute Gasteiger partial charge is 0.339 e. The molecule has 3 saturated heterocycles. The molecule has 152 valence electrons. The highest BCUT2D eigenvalue weighted by atomic mass is 32.1. The Morgan fingerprint density at radius 2 is 1.93 bits per heavy atom. The number of halogens is 3. The van der Waals surface area contributed by atoms with Gasteiger partial charge in [0, 0.05) is 19.1 Å². The van der Waals surface area contributed by atoms with Crippen LogP contribution in [0.2, 0.25) is 0 Å². The zero-order chi connectivity index (χ0) is 19.9. The second-order valence-electron chi connectivity index (χ2n) is 7.69. The molecule has 0 bridgehead atoms. The molecule has 1 amide bonds. The normalized spacial score (nSPS) is 30.9. The van der Waals surface area contributed by atoms with E-state index < -0.39 is 12.1 Å². The summed E-state index contributed by atoms with van der Waals surface area (Å²) in [6.45, 7) is 1.22. The van der Waals surface area contributed by atoms with Crippen molar-refractivity contribution in [3.8, 4) is 0 Å². The van der Waals surface area contributed by atoms with E-state index in [2.05, 4.69) is 16.0 Å². The largest absolute Gasteiger partial charge is 0.393 e. The lowest BCUT2D eigenvalue weighted by atomic mass is 9.88. The van der Waals surface area contributed by atoms with E-state index in [0.717, 1.165) is 24.1 Å². The lowest BCUT2D eigenvalue weighted by Gasteiger charge is -2.39. The highest BCUT2D eigenvalue weighted by Crippen LogP contribution is 2.36. The Bertz CT molecular complexity index is 764. The summed E-state index contributed by atoms with van der Waals surface area (Å²) in [4.78, 5) is 14.1. The molecule has 3 N–H and O–H groups in total. The summed E-state index contributed by atoms with van der Waals surface area (Å²) in [6.07, 6.45) is -2.76. The molecule has 28 heavy (non-hydrogen) atoms. The van der Waals surface area contributed by atoms with E-state index in [1.54, 1.807) is 0 Å². The van der Waals surface area contributed by atoms with E-state index in [1.165, 1.54) is 0 Å². The number of alkyl halides is 3. The zero-order valence-electron chi connectivity index (χ0n) is 15.3. The van der Waals surface area contributed by atoms with Crippen molar-refractivity contribution in [3.63, 3.8) is 0 Å². The van der Waals surface area contributed by atoms with Crippen molar-refractivity contribution in [2.75, 3.05) is 13.1 Å². The number of thiocarbonyl (C=S) groups is 1. The number of fused-ring (bicyclic) bond motifs is 1. The van der Waals surface area contributed by atoms with Gasteiger partial charge in [0.05, 0.1) is 12.0 Å². The first kappa shape index (κ1) is 19.6. The third-order valence-corrected chi connectivity index (χ3v) is 6.35. The van der Waals surface area contributed by atoms with E-state index in [9.17, 15) is 18.0 Å². The summed E-state index contributed by atoms with van der Waals surface area (Å²) >= 11 is 5.41. The Hall–Kier alpha value is -1.71. The maximum absolute atomic E-state index is 13.0. The summed E-state index contributed by atoms with van der Waals surface area (Å²) in [7, 11) is 0. The number of benzene rings is 1. The molecule has 0 saturated carbocycles. The van der Waals surface area contributed by atoms with Crippen LogP contribution in [0.15, 0.2) is 24.3 Å². The van der Waals surface area contributed by atoms with Crippen molar-refractivity contribution in [2.45, 2.75) is 50.1 Å². The standard InChI is InChI=1S/C19H23F3N4OS/c20-19(21,22)12-5-6-14(24-9-12)13-4-2-1-3-11(13)10-26-15-7-8-23-16(15)17(27)25-18(26)28/h1-4,12,14-16,23-24H,5-10H2,(H,25,27,28). The van der Waals surface area contributed by atoms with Crippen molar-refractivity contribution < 1.29 is 18.0 Å². The first-order valence-electron chi connectivity index (χ1n) is 9.57. The number of carbonyl (C=O) groups excluding carboxylic acids is 1. The van der Waals surface area contributed by atoms with Gasteiger partial charge in [-0.3, -0.25) is 4.79 Å². The van der Waals surface area contributed by atoms with Crippen LogP contribution in [-0.4, -0.2) is 47.3 Å². The first-order valence-corrected chi connectivity index (χ1v) is 9.98. The average Bonchev–Trinajstić information content (AvgIpc) is 3.15. The zero-order valence-corrected chi connectivity index (χ0v) is 16.1. The van der Waals surface area contributed by atoms with Gasteiger partial charge in [0.15, 0.2) is 5.11 Å². The van der Waals surface area contributed by atoms with Gasteiger partial charge in [-0.25, -0.2) is 0 Å². The maximum Gasteiger partial charge on any atom is 0.393 e. The molecule has 1 aromatic carbocycles. The van der Waals surface area contributed by atoms with Crippen LogP contribution in [0.1, 0.15) is 36.4 Å². The predicted octanol–water partition coefficient (Wildman–Crippen LogP) is 2.24. The van der Waals surface area contributed by atoms with Gasteiger partial charge in [0.25, 0.3) is 0 Å². The molecule has 3 heterocycles. The summed E-state index contributed by atoms with van der Waals surface area (Å²) in [6, 6.07) is 7.41. The van der Waals surface area contributed by atoms with Gasteiger partial charge in [-0.2, -0.15) is 13.2 Å². The fraction of sp³-hybridized carbons (Fsp3) is 0.579. The van der Waals surface area contributed by atoms with Gasteiger partial charge >= 0.3 is 6.18 Å². The Balaban J connectivity index is 1.51. The number of nitrogens with one attached hydrogen (secondary N) is 3. The molecule has 4 atom stereocenters. The van der Waals surface area contributed by atoms with Crippen LogP contribution in [0.3, 0.4) is 0 Å². The van der Waals surface area contributed by atoms with Gasteiger partial charge < -0.3 is 20.9 Å². The fourth-order valence-corrected chi connectivity index (χ4v) is 4.79. The predicted molar refractivity (Wildman–Crippen MR) is 102 cm³/mol. The topological polar surface area (TPSA) is 56.4 Å². The van der Waals surface area contributed by atoms with Gasteiger partial charge in [0.2, 0.25) is 5.91 Å². The third-order valence-electron chi connectivity index (χ3n) is 6.01. The van der Waals surface area contributed by atoms with E-state index in [1.807, 2.05) is 29.2 Å². The molecule has 0 radical (unpaired) electrons. The lowest BCUT2D eigenvalue weighted by Crippen LogP contribution is -2.63. The Labute approximate surface area is 167 Å². The quantitative estimate of drug-likeness (QED) is 0.665. The molecule has 1 aromatic rings. The summed E-state index contributed by atoms with van der Waals surface area (Å²) in [5.41, 5.74) is 2.03. The van der Waals surface area contributed by atoms with Crippen LogP contribution in [-0.2, 0) is 11.3 Å². The van der Waals surface area contributed by atoms with Gasteiger partial charge in [-0.05, 0) is 49.2 Å². The van der Waals surface area contributed by atoms with Crippen molar-refractivity contribution in [1.29, 1.82) is 0 Å². The molecular formula is C19H23F3N4OS. The fourth-order valence-electron chi connectivity index (χ4n) is 4.49. The third kappa shape index (κ3) is 3.75. The molecule has 9 heteroatoms. The monoisotopic (exact) mass is 412 g/mol. The number of hydrogen-bond donors (Lipinski definition) is 3. The molecular weight excluding hydrogens is 389 g/mol. The number of piperidine rings is 1. The van der Waals surface area contributed by atoms with Gasteiger partial charge in [0.1, 0.15) is 6.04 Å². The van der Waals surface area contributed by atoms with Crippen LogP contribution < -0.4 is 16.0 Å². The van der Waals surface area contributed by atoms with E-state index in [0.29, 0.717) is 18.1 Å². The Morgan fingerprint density at radius 3 is 2.64 bits per heavy atom. The average molecular weight is 412 g/mol. The van der Waals surface area contributed by atoms with Gasteiger partial charge in [-0.15, -0.1) is 0 Å². The van der Waals surface area contributed by atoms with Crippen LogP contribution in [0, 0.1) is 5.92 Å². The number of carbonyl (C=O) groups is 1. The van der Waals surface area contributed by atoms with Gasteiger partial charge in [-0.1, -0.05) is 24.3 Å². The highest BCUT2D eigenvalue weighted by molar-refractivity contribution is 7.80. The van der Waals surface area contributed by atoms with Crippen LogP contribution in [0.4, 0.5) is 13.2 Å². The number of amides is 1. The summed E-state index contributed by atoms with van der Waals surface area (Å²) in [5, 5.41) is 9.46. The van der Waals surface area contributed by atoms with E-state index >= 15 is 0 Å². The Kier molecular flexibility index (Phi) is 5.32. The summed E-state index contributed by atoms with van der Waals surface area (Å²) < 4.78 is 38.9. The molecule has 0 aliphatic carbocycles. The van der Waals surface area contributed by atoms with Crippen molar-refractivity contribution in [1.82, 2.24) is 20.9 Å². The summed E-state index contributed by atoms with van der Waals surface area (Å²) in [5.74, 6) is -1.38. The first-order chi connectivity index (χ1) is 13.3. The molecule has 4 rings (SSSR count). The highest BCUT2D eigenvalue weighted by Gasteiger charge is 2.43.